The average Bonchev–Trinajstić information content (AvgIpc) is 0.839. The maximum Gasteiger partial charge on any atom is 0.0964 e. The number of nitrogens with zero attached hydrogens (tertiary/aromatic N) is 12. The summed E-state index contributed by atoms with van der Waals surface area (Å²) in [6, 6.07) is 72.8. The predicted octanol–water partition coefficient (Wildman–Crippen LogP) is 30.3. The fourth-order valence-corrected chi connectivity index (χ4v) is 11.8. The summed E-state index contributed by atoms with van der Waals surface area (Å²) in [5.41, 5.74) is 12.3. The van der Waals surface area contributed by atoms with Gasteiger partial charge in [0.25, 0.3) is 0 Å². The largest absolute Gasteiger partial charge is 0.254 e. The highest BCUT2D eigenvalue weighted by atomic mass is 14.8. The van der Waals surface area contributed by atoms with Crippen molar-refractivity contribution in [3.63, 3.8) is 0 Å². The van der Waals surface area contributed by atoms with Crippen molar-refractivity contribution in [3.05, 3.63) is 293 Å². The molecule has 12 heteroatoms. The second-order valence-corrected chi connectivity index (χ2v) is 26.1. The van der Waals surface area contributed by atoms with Crippen LogP contribution in [-0.2, 0) is 0 Å². The molecule has 12 nitrogen and oxygen atoms in total. The molecule has 6 aromatic carbocycles. The smallest absolute Gasteiger partial charge is 0.0964 e. The number of rotatable bonds is 5. The van der Waals surface area contributed by atoms with Gasteiger partial charge < -0.3 is 0 Å². The highest BCUT2D eigenvalue weighted by Crippen LogP contribution is 2.27. The van der Waals surface area contributed by atoms with Crippen LogP contribution in [0.4, 0.5) is 0 Å². The Kier molecular flexibility index (Phi) is 45.5. The molecule has 0 spiro atoms. The molecule has 12 heterocycles. The molecule has 0 amide bonds. The quantitative estimate of drug-likeness (QED) is 0.151. The van der Waals surface area contributed by atoms with Crippen LogP contribution in [0, 0.1) is 11.3 Å². The average molecular weight is 1520 g/mol. The Hall–Kier alpha value is -11.8. The van der Waals surface area contributed by atoms with Gasteiger partial charge in [-0.2, -0.15) is 0 Å². The van der Waals surface area contributed by atoms with Crippen LogP contribution in [0.15, 0.2) is 293 Å². The van der Waals surface area contributed by atoms with Gasteiger partial charge in [0.1, 0.15) is 0 Å². The molecule has 0 aliphatic carbocycles. The van der Waals surface area contributed by atoms with E-state index >= 15 is 0 Å². The van der Waals surface area contributed by atoms with Gasteiger partial charge in [0.15, 0.2) is 0 Å². The summed E-state index contributed by atoms with van der Waals surface area (Å²) in [5.74, 6) is 0.898. The van der Waals surface area contributed by atoms with Crippen LogP contribution in [0.3, 0.4) is 0 Å². The van der Waals surface area contributed by atoms with Gasteiger partial charge in [-0.05, 0) is 90.6 Å². The number of benzene rings is 6. The van der Waals surface area contributed by atoms with Crippen LogP contribution >= 0.6 is 0 Å². The van der Waals surface area contributed by atoms with Crippen LogP contribution in [0.2, 0.25) is 0 Å². The molecule has 0 radical (unpaired) electrons. The van der Waals surface area contributed by atoms with Gasteiger partial charge in [-0.1, -0.05) is 330 Å². The van der Waals surface area contributed by atoms with E-state index in [1.165, 1.54) is 44.9 Å². The van der Waals surface area contributed by atoms with E-state index in [-0.39, 0.29) is 0 Å². The van der Waals surface area contributed by atoms with E-state index in [4.69, 9.17) is 0 Å². The summed E-state index contributed by atoms with van der Waals surface area (Å²) in [5, 5.41) is 13.7. The Morgan fingerprint density at radius 1 is 0.202 bits per heavy atom. The van der Waals surface area contributed by atoms with Crippen LogP contribution in [0.5, 0.6) is 0 Å². The Morgan fingerprint density at radius 2 is 0.333 bits per heavy atom. The van der Waals surface area contributed by atoms with Crippen molar-refractivity contribution in [2.24, 2.45) is 11.3 Å². The molecule has 0 bridgehead atoms. The van der Waals surface area contributed by atoms with E-state index in [0.717, 1.165) is 137 Å². The minimum absolute atomic E-state index is 0.550. The van der Waals surface area contributed by atoms with Gasteiger partial charge in [0, 0.05) is 139 Å². The molecule has 0 saturated carbocycles. The van der Waals surface area contributed by atoms with Gasteiger partial charge in [-0.15, -0.1) is 0 Å². The Bertz CT molecular complexity index is 4450. The van der Waals surface area contributed by atoms with Crippen molar-refractivity contribution < 1.29 is 0 Å². The standard InChI is InChI=1S/6C12H8N2.C7H16.C6H14.C5H12.6C2H6/c6*1-3-9-5-6-10-4-2-8-14-12(10)11(9)13-7-1;1-5-6-7(2,3)4;1-4-5-6(2)3;1-3-5-4-2;6*1-2/h6*1-8H;5-6H2,1-4H3;6H,4-5H2,1-3H3;3-5H2,1-2H3;6*1-2H3. The summed E-state index contributed by atoms with van der Waals surface area (Å²) in [6.07, 6.45) is 31.1. The number of unbranched alkanes of at least 4 members (excludes halogenated alkanes) is 2. The summed E-state index contributed by atoms with van der Waals surface area (Å²) in [4.78, 5) is 52.2. The first-order valence-corrected chi connectivity index (χ1v) is 41.5. The molecule has 0 aliphatic rings. The number of hydrogen-bond acceptors (Lipinski definition) is 12. The van der Waals surface area contributed by atoms with Crippen LogP contribution in [-0.4, -0.2) is 59.8 Å². The van der Waals surface area contributed by atoms with Gasteiger partial charge in [0.05, 0.1) is 66.2 Å². The van der Waals surface area contributed by atoms with Gasteiger partial charge in [-0.3, -0.25) is 59.8 Å². The van der Waals surface area contributed by atoms with Crippen molar-refractivity contribution in [2.75, 3.05) is 0 Å². The van der Waals surface area contributed by atoms with E-state index in [1.54, 1.807) is 74.4 Å². The molecule has 18 rings (SSSR count). The van der Waals surface area contributed by atoms with Crippen molar-refractivity contribution in [1.29, 1.82) is 0 Å². The number of hydrogen-bond donors (Lipinski definition) is 0. The molecular weight excluding hydrogens is 1390 g/mol. The second kappa shape index (κ2) is 54.8. The van der Waals surface area contributed by atoms with Crippen LogP contribution in [0.1, 0.15) is 190 Å². The van der Waals surface area contributed by atoms with Crippen molar-refractivity contribution in [2.45, 2.75) is 190 Å². The fourth-order valence-electron chi connectivity index (χ4n) is 11.8. The summed E-state index contributed by atoms with van der Waals surface area (Å²) >= 11 is 0. The van der Waals surface area contributed by atoms with Crippen molar-refractivity contribution in [1.82, 2.24) is 59.8 Å². The minimum atomic E-state index is 0.550. The third kappa shape index (κ3) is 29.4. The molecule has 18 aromatic rings. The molecule has 0 saturated heterocycles. The molecule has 594 valence electrons. The maximum atomic E-state index is 4.35. The molecule has 0 atom stereocenters. The molecule has 0 fully saturated rings. The molecule has 0 aliphatic heterocycles. The fraction of sp³-hybridized carbons (Fsp3) is 0.294. The van der Waals surface area contributed by atoms with Crippen LogP contribution in [0.25, 0.3) is 131 Å². The predicted molar refractivity (Wildman–Crippen MR) is 500 cm³/mol. The topological polar surface area (TPSA) is 155 Å². The lowest BCUT2D eigenvalue weighted by atomic mass is 9.91. The van der Waals surface area contributed by atoms with Crippen molar-refractivity contribution in [3.8, 4) is 0 Å². The van der Waals surface area contributed by atoms with Gasteiger partial charge in [-0.25, -0.2) is 0 Å². The zero-order chi connectivity index (χ0) is 83.3. The van der Waals surface area contributed by atoms with E-state index in [9.17, 15) is 0 Å². The molecule has 0 unspecified atom stereocenters. The van der Waals surface area contributed by atoms with E-state index in [1.807, 2.05) is 156 Å². The first kappa shape index (κ1) is 94.6. The second-order valence-electron chi connectivity index (χ2n) is 26.1. The van der Waals surface area contributed by atoms with Crippen molar-refractivity contribution >= 4 is 131 Å². The third-order valence-electron chi connectivity index (χ3n) is 16.6. The Balaban J connectivity index is 0.000000270. The SMILES string of the molecule is CC.CC.CC.CC.CC.CC.CCCC(C)(C)C.CCCC(C)C.CCCCC.c1cnc2c(c1)ccc1cccnc12.c1cnc2c(c1)ccc1cccnc12.c1cnc2c(c1)ccc1cccnc12.c1cnc2c(c1)ccc1cccnc12.c1cnc2c(c1)ccc1cccnc12.c1cnc2c(c1)ccc1cccnc12. The van der Waals surface area contributed by atoms with E-state index < -0.39 is 0 Å². The first-order chi connectivity index (χ1) is 55.9. The third-order valence-corrected chi connectivity index (χ3v) is 16.6. The number of fused-ring (bicyclic) bond motifs is 18. The summed E-state index contributed by atoms with van der Waals surface area (Å²) in [7, 11) is 0. The summed E-state index contributed by atoms with van der Waals surface area (Å²) < 4.78 is 0. The number of aromatic nitrogens is 12. The molecule has 0 N–H and O–H groups in total. The van der Waals surface area contributed by atoms with Gasteiger partial charge in [0.2, 0.25) is 0 Å². The molecular formula is C102H126N12. The summed E-state index contributed by atoms with van der Waals surface area (Å²) in [6.45, 7) is 44.2. The van der Waals surface area contributed by atoms with Crippen LogP contribution < -0.4 is 0 Å². The Morgan fingerprint density at radius 3 is 0.395 bits per heavy atom. The molecule has 114 heavy (non-hydrogen) atoms. The zero-order valence-electron chi connectivity index (χ0n) is 72.1. The maximum absolute atomic E-state index is 4.35. The van der Waals surface area contributed by atoms with E-state index in [0.29, 0.717) is 5.41 Å². The molecule has 12 aromatic heterocycles. The highest BCUT2D eigenvalue weighted by molar-refractivity contribution is 6.06. The normalized spacial score (nSPS) is 9.95. The lowest BCUT2D eigenvalue weighted by Crippen LogP contribution is -2.02. The highest BCUT2D eigenvalue weighted by Gasteiger charge is 2.08. The monoisotopic (exact) mass is 1520 g/mol. The Labute approximate surface area is 681 Å². The minimum Gasteiger partial charge on any atom is -0.254 e. The van der Waals surface area contributed by atoms with Gasteiger partial charge >= 0.3 is 0 Å². The zero-order valence-corrected chi connectivity index (χ0v) is 72.1. The lowest BCUT2D eigenvalue weighted by molar-refractivity contribution is 0.373. The van der Waals surface area contributed by atoms with E-state index in [2.05, 4.69) is 268 Å². The first-order valence-electron chi connectivity index (χ1n) is 41.5. The lowest BCUT2D eigenvalue weighted by Gasteiger charge is -2.15. The number of pyridine rings is 12.